The Morgan fingerprint density at radius 3 is 2.56 bits per heavy atom. The molecule has 0 bridgehead atoms. The molecule has 3 aliphatic rings. The number of likely N-dealkylation sites (N-methyl/N-ethyl adjacent to an activating group) is 1. The van der Waals surface area contributed by atoms with E-state index in [0.717, 1.165) is 57.4 Å². The second-order valence-electron chi connectivity index (χ2n) is 8.87. The summed E-state index contributed by atoms with van der Waals surface area (Å²) in [6, 6.07) is 4.02. The molecule has 2 aliphatic heterocycles. The van der Waals surface area contributed by atoms with Gasteiger partial charge in [0.25, 0.3) is 11.5 Å². The zero-order valence-electron chi connectivity index (χ0n) is 18.4. The lowest BCUT2D eigenvalue weighted by Crippen LogP contribution is -2.45. The minimum atomic E-state index is -0.154. The number of hydrogen-bond donors (Lipinski definition) is 0. The molecule has 9 heteroatoms. The Balaban J connectivity index is 1.61. The summed E-state index contributed by atoms with van der Waals surface area (Å²) < 4.78 is 2.18. The highest BCUT2D eigenvalue weighted by Crippen LogP contribution is 2.38. The van der Waals surface area contributed by atoms with E-state index in [0.29, 0.717) is 26.3 Å². The SMILES string of the molecule is Cc1ccc2nc(N3CCN(C)CC3)c(C=C3SC(=S)N(C4CCCC4)C3=O)c(=O)n2c1. The van der Waals surface area contributed by atoms with E-state index in [4.69, 9.17) is 17.2 Å². The number of anilines is 1. The second-order valence-corrected chi connectivity index (χ2v) is 10.5. The lowest BCUT2D eigenvalue weighted by Gasteiger charge is -2.34. The Bertz CT molecular complexity index is 1180. The van der Waals surface area contributed by atoms with Gasteiger partial charge in [-0.3, -0.25) is 18.9 Å². The highest BCUT2D eigenvalue weighted by molar-refractivity contribution is 8.26. The van der Waals surface area contributed by atoms with Gasteiger partial charge in [-0.1, -0.05) is 42.9 Å². The smallest absolute Gasteiger partial charge is 0.267 e. The summed E-state index contributed by atoms with van der Waals surface area (Å²) in [7, 11) is 2.10. The third-order valence-corrected chi connectivity index (χ3v) is 7.91. The quantitative estimate of drug-likeness (QED) is 0.506. The first-order valence-corrected chi connectivity index (χ1v) is 12.4. The third-order valence-electron chi connectivity index (χ3n) is 6.58. The molecular weight excluding hydrogens is 442 g/mol. The Morgan fingerprint density at radius 2 is 1.84 bits per heavy atom. The highest BCUT2D eigenvalue weighted by Gasteiger charge is 2.38. The van der Waals surface area contributed by atoms with Crippen LogP contribution in [-0.4, -0.2) is 68.7 Å². The van der Waals surface area contributed by atoms with Gasteiger partial charge >= 0.3 is 0 Å². The zero-order valence-corrected chi connectivity index (χ0v) is 20.0. The summed E-state index contributed by atoms with van der Waals surface area (Å²) in [4.78, 5) is 38.4. The second kappa shape index (κ2) is 8.61. The molecule has 1 saturated carbocycles. The Morgan fingerprint density at radius 1 is 1.12 bits per heavy atom. The molecule has 32 heavy (non-hydrogen) atoms. The first-order valence-electron chi connectivity index (χ1n) is 11.2. The van der Waals surface area contributed by atoms with Gasteiger partial charge in [-0.2, -0.15) is 0 Å². The van der Waals surface area contributed by atoms with Gasteiger partial charge in [-0.25, -0.2) is 4.98 Å². The van der Waals surface area contributed by atoms with Crippen molar-refractivity contribution in [3.8, 4) is 0 Å². The molecular formula is C23H27N5O2S2. The van der Waals surface area contributed by atoms with Crippen LogP contribution in [0.4, 0.5) is 5.82 Å². The number of aryl methyl sites for hydroxylation is 1. The highest BCUT2D eigenvalue weighted by atomic mass is 32.2. The number of rotatable bonds is 3. The number of carbonyl (C=O) groups is 1. The molecule has 1 aliphatic carbocycles. The van der Waals surface area contributed by atoms with Crippen LogP contribution in [0, 0.1) is 6.92 Å². The van der Waals surface area contributed by atoms with Gasteiger partial charge in [0.1, 0.15) is 15.8 Å². The third kappa shape index (κ3) is 3.86. The summed E-state index contributed by atoms with van der Waals surface area (Å²) in [5, 5.41) is 0. The molecule has 0 unspecified atom stereocenters. The van der Waals surface area contributed by atoms with Crippen molar-refractivity contribution in [3.05, 3.63) is 44.7 Å². The topological polar surface area (TPSA) is 61.2 Å². The molecule has 7 nitrogen and oxygen atoms in total. The fourth-order valence-electron chi connectivity index (χ4n) is 4.72. The number of amides is 1. The van der Waals surface area contributed by atoms with Crippen molar-refractivity contribution in [2.45, 2.75) is 38.6 Å². The number of thioether (sulfide) groups is 1. The van der Waals surface area contributed by atoms with Gasteiger partial charge in [0.05, 0.1) is 10.5 Å². The van der Waals surface area contributed by atoms with Crippen molar-refractivity contribution in [2.75, 3.05) is 38.1 Å². The maximum absolute atomic E-state index is 13.6. The number of thiocarbonyl (C=S) groups is 1. The summed E-state index contributed by atoms with van der Waals surface area (Å²) >= 11 is 6.86. The first kappa shape index (κ1) is 21.6. The van der Waals surface area contributed by atoms with E-state index < -0.39 is 0 Å². The number of hydrogen-bond acceptors (Lipinski definition) is 7. The van der Waals surface area contributed by atoms with E-state index in [2.05, 4.69) is 16.8 Å². The molecule has 3 fully saturated rings. The lowest BCUT2D eigenvalue weighted by atomic mass is 10.2. The average molecular weight is 470 g/mol. The van der Waals surface area contributed by atoms with Crippen LogP contribution in [0.2, 0.25) is 0 Å². The predicted octanol–water partition coefficient (Wildman–Crippen LogP) is 2.90. The Labute approximate surface area is 197 Å². The van der Waals surface area contributed by atoms with E-state index in [1.54, 1.807) is 21.6 Å². The largest absolute Gasteiger partial charge is 0.353 e. The van der Waals surface area contributed by atoms with Crippen molar-refractivity contribution in [2.24, 2.45) is 0 Å². The molecule has 168 valence electrons. The standard InChI is InChI=1S/C23H27N5O2S2/c1-15-7-8-19-24-20(26-11-9-25(2)10-12-26)17(21(29)27(19)14-15)13-18-22(30)28(23(31)32-18)16-5-3-4-6-16/h7-8,13-14,16H,3-6,9-12H2,1-2H3. The molecule has 2 saturated heterocycles. The number of carbonyl (C=O) groups excluding carboxylic acids is 1. The van der Waals surface area contributed by atoms with Crippen LogP contribution in [0.15, 0.2) is 28.0 Å². The molecule has 4 heterocycles. The van der Waals surface area contributed by atoms with Crippen LogP contribution in [0.1, 0.15) is 36.8 Å². The molecule has 2 aromatic rings. The zero-order chi connectivity index (χ0) is 22.4. The van der Waals surface area contributed by atoms with Crippen molar-refractivity contribution in [1.82, 2.24) is 19.2 Å². The molecule has 0 aromatic carbocycles. The van der Waals surface area contributed by atoms with Crippen LogP contribution in [-0.2, 0) is 4.79 Å². The number of piperazine rings is 1. The van der Waals surface area contributed by atoms with E-state index in [-0.39, 0.29) is 17.5 Å². The summed E-state index contributed by atoms with van der Waals surface area (Å²) in [6.45, 7) is 5.33. The van der Waals surface area contributed by atoms with Gasteiger partial charge in [0, 0.05) is 38.4 Å². The minimum absolute atomic E-state index is 0.0787. The van der Waals surface area contributed by atoms with Gasteiger partial charge in [0.15, 0.2) is 0 Å². The van der Waals surface area contributed by atoms with Crippen LogP contribution < -0.4 is 10.5 Å². The van der Waals surface area contributed by atoms with E-state index in [1.165, 1.54) is 11.8 Å². The number of fused-ring (bicyclic) bond motifs is 1. The van der Waals surface area contributed by atoms with E-state index in [9.17, 15) is 9.59 Å². The molecule has 2 aromatic heterocycles. The molecule has 0 spiro atoms. The van der Waals surface area contributed by atoms with Gasteiger partial charge in [-0.05, 0) is 44.5 Å². The molecule has 1 amide bonds. The van der Waals surface area contributed by atoms with Crippen molar-refractivity contribution >= 4 is 51.7 Å². The van der Waals surface area contributed by atoms with Gasteiger partial charge in [-0.15, -0.1) is 0 Å². The summed E-state index contributed by atoms with van der Waals surface area (Å²) in [5.41, 5.74) is 1.90. The Hall–Kier alpha value is -2.23. The molecule has 5 rings (SSSR count). The summed E-state index contributed by atoms with van der Waals surface area (Å²) in [5.74, 6) is 0.572. The minimum Gasteiger partial charge on any atom is -0.353 e. The lowest BCUT2D eigenvalue weighted by molar-refractivity contribution is -0.123. The van der Waals surface area contributed by atoms with Crippen molar-refractivity contribution in [3.63, 3.8) is 0 Å². The number of pyridine rings is 1. The van der Waals surface area contributed by atoms with Crippen LogP contribution >= 0.6 is 24.0 Å². The number of aromatic nitrogens is 2. The van der Waals surface area contributed by atoms with E-state index >= 15 is 0 Å². The van der Waals surface area contributed by atoms with Crippen molar-refractivity contribution < 1.29 is 4.79 Å². The van der Waals surface area contributed by atoms with Crippen LogP contribution in [0.5, 0.6) is 0 Å². The van der Waals surface area contributed by atoms with Gasteiger partial charge < -0.3 is 9.80 Å². The fraction of sp³-hybridized carbons (Fsp3) is 0.478. The summed E-state index contributed by atoms with van der Waals surface area (Å²) in [6.07, 6.45) is 7.77. The molecule has 0 atom stereocenters. The average Bonchev–Trinajstić information content (AvgIpc) is 3.39. The van der Waals surface area contributed by atoms with Crippen LogP contribution in [0.25, 0.3) is 11.7 Å². The normalized spacial score (nSPS) is 22.1. The maximum atomic E-state index is 13.6. The fourth-order valence-corrected chi connectivity index (χ4v) is 6.10. The van der Waals surface area contributed by atoms with Crippen molar-refractivity contribution in [1.29, 1.82) is 0 Å². The van der Waals surface area contributed by atoms with E-state index in [1.807, 2.05) is 19.1 Å². The Kier molecular flexibility index (Phi) is 5.81. The predicted molar refractivity (Wildman–Crippen MR) is 133 cm³/mol. The monoisotopic (exact) mass is 469 g/mol. The number of nitrogens with zero attached hydrogens (tertiary/aromatic N) is 5. The first-order chi connectivity index (χ1) is 15.4. The maximum Gasteiger partial charge on any atom is 0.267 e. The van der Waals surface area contributed by atoms with Crippen LogP contribution in [0.3, 0.4) is 0 Å². The molecule has 0 N–H and O–H groups in total. The van der Waals surface area contributed by atoms with Gasteiger partial charge in [0.2, 0.25) is 0 Å². The molecule has 0 radical (unpaired) electrons.